The molecule has 0 bridgehead atoms. The summed E-state index contributed by atoms with van der Waals surface area (Å²) in [5, 5.41) is 10.8. The maximum absolute atomic E-state index is 10.7. The van der Waals surface area contributed by atoms with Crippen molar-refractivity contribution in [2.45, 2.75) is 6.92 Å². The molecule has 3 rings (SSSR count). The van der Waals surface area contributed by atoms with E-state index in [4.69, 9.17) is 5.73 Å². The first kappa shape index (κ1) is 11.7. The van der Waals surface area contributed by atoms with Gasteiger partial charge < -0.3 is 5.73 Å². The van der Waals surface area contributed by atoms with E-state index in [9.17, 15) is 10.1 Å². The number of nitro groups is 1. The summed E-state index contributed by atoms with van der Waals surface area (Å²) in [6.07, 6.45) is 1.85. The van der Waals surface area contributed by atoms with Crippen LogP contribution in [0.4, 0.5) is 10.8 Å². The fourth-order valence-corrected chi connectivity index (χ4v) is 2.72. The zero-order chi connectivity index (χ0) is 13.6. The normalized spacial score (nSPS) is 11.0. The van der Waals surface area contributed by atoms with Crippen molar-refractivity contribution in [1.29, 1.82) is 0 Å². The Labute approximate surface area is 112 Å². The Hall–Kier alpha value is -2.41. The molecule has 0 unspecified atom stereocenters. The van der Waals surface area contributed by atoms with Crippen molar-refractivity contribution in [2.24, 2.45) is 0 Å². The number of nitrogens with two attached hydrogens (primary N) is 1. The van der Waals surface area contributed by atoms with Gasteiger partial charge in [-0.15, -0.1) is 0 Å². The van der Waals surface area contributed by atoms with Gasteiger partial charge in [-0.3, -0.25) is 14.5 Å². The van der Waals surface area contributed by atoms with E-state index >= 15 is 0 Å². The third-order valence-corrected chi connectivity index (χ3v) is 3.87. The van der Waals surface area contributed by atoms with Crippen molar-refractivity contribution >= 4 is 27.8 Å². The largest absolute Gasteiger partial charge is 0.383 e. The molecule has 0 amide bonds. The van der Waals surface area contributed by atoms with Crippen LogP contribution in [0.15, 0.2) is 30.5 Å². The summed E-state index contributed by atoms with van der Waals surface area (Å²) in [6, 6.07) is 7.00. The molecule has 96 valence electrons. The van der Waals surface area contributed by atoms with Gasteiger partial charge in [-0.1, -0.05) is 11.3 Å². The minimum Gasteiger partial charge on any atom is -0.383 e. The van der Waals surface area contributed by atoms with Gasteiger partial charge in [-0.2, -0.15) is 0 Å². The lowest BCUT2D eigenvalue weighted by atomic mass is 10.3. The van der Waals surface area contributed by atoms with Crippen molar-refractivity contribution in [3.63, 3.8) is 0 Å². The van der Waals surface area contributed by atoms with Crippen LogP contribution in [-0.4, -0.2) is 14.3 Å². The van der Waals surface area contributed by atoms with Gasteiger partial charge >= 0.3 is 5.00 Å². The number of anilines is 1. The molecule has 0 aliphatic heterocycles. The smallest absolute Gasteiger partial charge is 0.324 e. The summed E-state index contributed by atoms with van der Waals surface area (Å²) in [5.74, 6) is 0.492. The Morgan fingerprint density at radius 1 is 1.42 bits per heavy atom. The molecule has 3 heterocycles. The van der Waals surface area contributed by atoms with Gasteiger partial charge in [-0.05, 0) is 30.7 Å². The topological polar surface area (TPSA) is 86.5 Å². The third kappa shape index (κ3) is 1.84. The third-order valence-electron chi connectivity index (χ3n) is 2.82. The van der Waals surface area contributed by atoms with E-state index in [1.54, 1.807) is 10.5 Å². The molecule has 2 N–H and O–H groups in total. The van der Waals surface area contributed by atoms with Crippen LogP contribution in [0.1, 0.15) is 5.56 Å². The predicted molar refractivity (Wildman–Crippen MR) is 74.3 cm³/mol. The SMILES string of the molecule is Cc1ccn2c(N)c(-c3ccc([N+](=O)[O-])s3)nc2c1. The number of imidazole rings is 1. The molecule has 0 saturated carbocycles. The number of hydrogen-bond acceptors (Lipinski definition) is 5. The molecule has 0 spiro atoms. The number of thiophene rings is 1. The number of aryl methyl sites for hydroxylation is 1. The van der Waals surface area contributed by atoms with Crippen molar-refractivity contribution in [1.82, 2.24) is 9.38 Å². The molecule has 19 heavy (non-hydrogen) atoms. The molecule has 3 aromatic rings. The van der Waals surface area contributed by atoms with Gasteiger partial charge in [0.05, 0.1) is 9.80 Å². The number of rotatable bonds is 2. The van der Waals surface area contributed by atoms with Crippen LogP contribution >= 0.6 is 11.3 Å². The second-order valence-electron chi connectivity index (χ2n) is 4.17. The van der Waals surface area contributed by atoms with Gasteiger partial charge in [-0.25, -0.2) is 4.98 Å². The van der Waals surface area contributed by atoms with E-state index in [0.717, 1.165) is 22.5 Å². The molecule has 0 saturated heterocycles. The van der Waals surface area contributed by atoms with E-state index in [2.05, 4.69) is 4.98 Å². The van der Waals surface area contributed by atoms with Crippen molar-refractivity contribution in [2.75, 3.05) is 5.73 Å². The number of nitrogens with zero attached hydrogens (tertiary/aromatic N) is 3. The second kappa shape index (κ2) is 4.06. The number of pyridine rings is 1. The van der Waals surface area contributed by atoms with Gasteiger partial charge in [0.1, 0.15) is 17.2 Å². The molecule has 0 aromatic carbocycles. The number of aromatic nitrogens is 2. The highest BCUT2D eigenvalue weighted by atomic mass is 32.1. The Balaban J connectivity index is 2.18. The molecule has 0 radical (unpaired) electrons. The first-order valence-electron chi connectivity index (χ1n) is 5.55. The van der Waals surface area contributed by atoms with Crippen LogP contribution in [0.5, 0.6) is 0 Å². The Morgan fingerprint density at radius 2 is 2.21 bits per heavy atom. The fraction of sp³-hybridized carbons (Fsp3) is 0.0833. The van der Waals surface area contributed by atoms with Gasteiger partial charge in [0.15, 0.2) is 0 Å². The summed E-state index contributed by atoms with van der Waals surface area (Å²) in [4.78, 5) is 15.4. The summed E-state index contributed by atoms with van der Waals surface area (Å²) in [5.41, 5.74) is 8.45. The van der Waals surface area contributed by atoms with E-state index in [0.29, 0.717) is 16.4 Å². The number of hydrogen-bond donors (Lipinski definition) is 1. The van der Waals surface area contributed by atoms with E-state index < -0.39 is 4.92 Å². The standard InChI is InChI=1S/C12H10N4O2S/c1-7-4-5-15-9(6-7)14-11(12(15)13)8-2-3-10(19-8)16(17)18/h2-6H,13H2,1H3. The minimum absolute atomic E-state index is 0.0858. The van der Waals surface area contributed by atoms with Gasteiger partial charge in [0.2, 0.25) is 0 Å². The van der Waals surface area contributed by atoms with E-state index in [-0.39, 0.29) is 5.00 Å². The molecule has 0 aliphatic carbocycles. The zero-order valence-corrected chi connectivity index (χ0v) is 10.8. The predicted octanol–water partition coefficient (Wildman–Crippen LogP) is 2.86. The highest BCUT2D eigenvalue weighted by Crippen LogP contribution is 2.35. The van der Waals surface area contributed by atoms with E-state index in [1.807, 2.05) is 25.3 Å². The average Bonchev–Trinajstić information content (AvgIpc) is 2.94. The molecule has 6 nitrogen and oxygen atoms in total. The first-order chi connectivity index (χ1) is 9.06. The zero-order valence-electron chi connectivity index (χ0n) is 10.0. The highest BCUT2D eigenvalue weighted by Gasteiger charge is 2.17. The number of nitrogen functional groups attached to an aromatic ring is 1. The summed E-state index contributed by atoms with van der Waals surface area (Å²) < 4.78 is 1.77. The quantitative estimate of drug-likeness (QED) is 0.575. The van der Waals surface area contributed by atoms with Crippen LogP contribution in [-0.2, 0) is 0 Å². The first-order valence-corrected chi connectivity index (χ1v) is 6.36. The Morgan fingerprint density at radius 3 is 2.89 bits per heavy atom. The maximum atomic E-state index is 10.7. The highest BCUT2D eigenvalue weighted by molar-refractivity contribution is 7.18. The lowest BCUT2D eigenvalue weighted by Gasteiger charge is -1.97. The van der Waals surface area contributed by atoms with Crippen molar-refractivity contribution in [3.05, 3.63) is 46.1 Å². The molecule has 0 atom stereocenters. The fourth-order valence-electron chi connectivity index (χ4n) is 1.90. The van der Waals surface area contributed by atoms with Crippen LogP contribution in [0, 0.1) is 17.0 Å². The minimum atomic E-state index is -0.412. The molecule has 0 fully saturated rings. The monoisotopic (exact) mass is 274 g/mol. The van der Waals surface area contributed by atoms with Crippen LogP contribution in [0.2, 0.25) is 0 Å². The van der Waals surface area contributed by atoms with Gasteiger partial charge in [0.25, 0.3) is 0 Å². The Bertz CT molecular complexity index is 790. The molecular weight excluding hydrogens is 264 g/mol. The Kier molecular flexibility index (Phi) is 2.49. The second-order valence-corrected chi connectivity index (χ2v) is 5.24. The lowest BCUT2D eigenvalue weighted by Crippen LogP contribution is -1.93. The van der Waals surface area contributed by atoms with Crippen LogP contribution < -0.4 is 5.73 Å². The number of fused-ring (bicyclic) bond motifs is 1. The summed E-state index contributed by atoms with van der Waals surface area (Å²) in [7, 11) is 0. The molecule has 7 heteroatoms. The summed E-state index contributed by atoms with van der Waals surface area (Å²) >= 11 is 1.07. The van der Waals surface area contributed by atoms with Gasteiger partial charge in [0, 0.05) is 12.3 Å². The van der Waals surface area contributed by atoms with Crippen molar-refractivity contribution < 1.29 is 4.92 Å². The summed E-state index contributed by atoms with van der Waals surface area (Å²) in [6.45, 7) is 1.97. The van der Waals surface area contributed by atoms with Crippen LogP contribution in [0.25, 0.3) is 16.2 Å². The maximum Gasteiger partial charge on any atom is 0.324 e. The van der Waals surface area contributed by atoms with Crippen molar-refractivity contribution in [3.8, 4) is 10.6 Å². The molecule has 0 aliphatic rings. The molecule has 3 aromatic heterocycles. The van der Waals surface area contributed by atoms with Crippen LogP contribution in [0.3, 0.4) is 0 Å². The average molecular weight is 274 g/mol. The van der Waals surface area contributed by atoms with E-state index in [1.165, 1.54) is 6.07 Å². The molecular formula is C12H10N4O2S. The lowest BCUT2D eigenvalue weighted by molar-refractivity contribution is -0.380.